The van der Waals surface area contributed by atoms with E-state index in [-0.39, 0.29) is 12.5 Å². The molecule has 1 aromatic carbocycles. The van der Waals surface area contributed by atoms with Crippen molar-refractivity contribution in [2.75, 3.05) is 32.8 Å². The zero-order valence-corrected chi connectivity index (χ0v) is 24.8. The van der Waals surface area contributed by atoms with Gasteiger partial charge in [0.2, 0.25) is 5.91 Å². The van der Waals surface area contributed by atoms with Crippen molar-refractivity contribution in [1.29, 1.82) is 0 Å². The molecule has 0 unspecified atom stereocenters. The van der Waals surface area contributed by atoms with Crippen LogP contribution in [0.2, 0.25) is 5.02 Å². The monoisotopic (exact) mass is 587 g/mol. The Morgan fingerprint density at radius 3 is 2.50 bits per heavy atom. The van der Waals surface area contributed by atoms with Gasteiger partial charge in [-0.3, -0.25) is 4.79 Å². The molecule has 2 aromatic heterocycles. The second kappa shape index (κ2) is 12.9. The number of carbonyl (C=O) groups is 2. The first-order chi connectivity index (χ1) is 19.3. The Bertz CT molecular complexity index is 1340. The number of thiophene rings is 1. The number of amides is 1. The fourth-order valence-corrected chi connectivity index (χ4v) is 7.39. The van der Waals surface area contributed by atoms with Crippen molar-refractivity contribution in [1.82, 2.24) is 14.8 Å². The van der Waals surface area contributed by atoms with E-state index in [1.54, 1.807) is 0 Å². The molecule has 10 heteroatoms. The van der Waals surface area contributed by atoms with E-state index < -0.39 is 6.16 Å². The summed E-state index contributed by atoms with van der Waals surface area (Å²) in [7, 11) is 0. The van der Waals surface area contributed by atoms with E-state index in [1.165, 1.54) is 23.3 Å². The largest absolute Gasteiger partial charge is 0.512 e. The molecule has 2 fully saturated rings. The van der Waals surface area contributed by atoms with Gasteiger partial charge in [0.05, 0.1) is 29.1 Å². The number of nitrogens with one attached hydrogen (secondary N) is 1. The fraction of sp³-hybridized carbons (Fsp3) is 0.533. The van der Waals surface area contributed by atoms with Gasteiger partial charge in [-0.2, -0.15) is 0 Å². The summed E-state index contributed by atoms with van der Waals surface area (Å²) < 4.78 is 14.0. The lowest BCUT2D eigenvalue weighted by atomic mass is 9.83. The van der Waals surface area contributed by atoms with Gasteiger partial charge in [-0.1, -0.05) is 68.2 Å². The number of halogens is 1. The molecule has 8 nitrogen and oxygen atoms in total. The molecule has 2 aliphatic rings. The first-order valence-electron chi connectivity index (χ1n) is 14.2. The summed E-state index contributed by atoms with van der Waals surface area (Å²) in [6, 6.07) is 7.82. The Kier molecular flexibility index (Phi) is 9.35. The molecule has 1 amide bonds. The summed E-state index contributed by atoms with van der Waals surface area (Å²) in [5.74, 6) is 0.767. The number of aromatic nitrogens is 1. The predicted molar refractivity (Wildman–Crippen MR) is 159 cm³/mol. The predicted octanol–water partition coefficient (Wildman–Crippen LogP) is 6.73. The van der Waals surface area contributed by atoms with E-state index in [2.05, 4.69) is 23.7 Å². The number of carboxylic acid groups (broad SMARTS) is 1. The van der Waals surface area contributed by atoms with Crippen LogP contribution in [0.5, 0.6) is 5.06 Å². The van der Waals surface area contributed by atoms with Crippen molar-refractivity contribution < 1.29 is 24.2 Å². The summed E-state index contributed by atoms with van der Waals surface area (Å²) in [6.07, 6.45) is 4.31. The van der Waals surface area contributed by atoms with Gasteiger partial charge in [-0.05, 0) is 54.5 Å². The summed E-state index contributed by atoms with van der Waals surface area (Å²) in [4.78, 5) is 27.3. The van der Waals surface area contributed by atoms with Crippen LogP contribution >= 0.6 is 22.9 Å². The highest BCUT2D eigenvalue weighted by Gasteiger charge is 2.33. The van der Waals surface area contributed by atoms with E-state index in [0.29, 0.717) is 54.8 Å². The van der Waals surface area contributed by atoms with Crippen LogP contribution in [0.3, 0.4) is 0 Å². The number of nitrogens with zero attached hydrogens (tertiary/aromatic N) is 2. The summed E-state index contributed by atoms with van der Waals surface area (Å²) in [5, 5.41) is 14.1. The number of carbonyl (C=O) groups excluding carboxylic acids is 1. The molecule has 0 radical (unpaired) electrons. The lowest BCUT2D eigenvalue weighted by Crippen LogP contribution is -2.42. The van der Waals surface area contributed by atoms with Crippen molar-refractivity contribution >= 4 is 45.2 Å². The summed E-state index contributed by atoms with van der Waals surface area (Å²) in [6.45, 7) is 7.83. The molecular weight excluding hydrogens is 550 g/mol. The zero-order valence-electron chi connectivity index (χ0n) is 23.2. The normalized spacial score (nSPS) is 16.6. The number of benzene rings is 1. The quantitative estimate of drug-likeness (QED) is 0.270. The minimum absolute atomic E-state index is 0.0265. The lowest BCUT2D eigenvalue weighted by Gasteiger charge is -2.28. The molecule has 3 aromatic rings. The minimum atomic E-state index is -1.33. The molecule has 1 saturated heterocycles. The third-order valence-corrected chi connectivity index (χ3v) is 9.19. The minimum Gasteiger partial charge on any atom is -0.449 e. The maximum Gasteiger partial charge on any atom is 0.512 e. The van der Waals surface area contributed by atoms with Crippen molar-refractivity contribution in [3.8, 4) is 16.3 Å². The third-order valence-electron chi connectivity index (χ3n) is 7.80. The highest BCUT2D eigenvalue weighted by molar-refractivity contribution is 7.21. The van der Waals surface area contributed by atoms with Gasteiger partial charge in [0.25, 0.3) is 0 Å². The average molecular weight is 588 g/mol. The van der Waals surface area contributed by atoms with E-state index in [0.717, 1.165) is 59.3 Å². The Balaban J connectivity index is 1.73. The number of morpholine rings is 1. The Morgan fingerprint density at radius 1 is 1.15 bits per heavy atom. The van der Waals surface area contributed by atoms with Crippen LogP contribution in [0.4, 0.5) is 4.79 Å². The molecule has 2 N–H and O–H groups in total. The van der Waals surface area contributed by atoms with E-state index >= 15 is 0 Å². The Hall–Kier alpha value is -2.59. The number of hydrogen-bond donors (Lipinski definition) is 2. The standard InChI is InChI=1S/C30H38ClN3O5S/c1-19(2)16-32-17-23-27-28(40-29(23)39-30(36)37)25(20-6-4-3-5-7-20)26(21-8-10-22(31)11-9-21)34(27)18-24(35)33-12-14-38-15-13-33/h8-11,19-20,32H,3-7,12-18H2,1-2H3,(H,36,37). The topological polar surface area (TPSA) is 93.0 Å². The van der Waals surface area contributed by atoms with Crippen LogP contribution in [0.1, 0.15) is 63.0 Å². The maximum atomic E-state index is 13.7. The molecule has 0 atom stereocenters. The summed E-state index contributed by atoms with van der Waals surface area (Å²) in [5.41, 5.74) is 4.91. The van der Waals surface area contributed by atoms with E-state index in [1.807, 2.05) is 29.2 Å². The SMILES string of the molecule is CC(C)CNCc1c(OC(=O)O)sc2c(C3CCCCC3)c(-c3ccc(Cl)cc3)n(CC(=O)N3CCOCC3)c12. The van der Waals surface area contributed by atoms with Crippen LogP contribution in [0, 0.1) is 5.92 Å². The zero-order chi connectivity index (χ0) is 28.2. The molecular formula is C30H38ClN3O5S. The van der Waals surface area contributed by atoms with Gasteiger partial charge in [-0.25, -0.2) is 4.79 Å². The van der Waals surface area contributed by atoms with Gasteiger partial charge < -0.3 is 29.4 Å². The number of fused-ring (bicyclic) bond motifs is 1. The van der Waals surface area contributed by atoms with Gasteiger partial charge >= 0.3 is 6.16 Å². The molecule has 3 heterocycles. The number of hydrogen-bond acceptors (Lipinski definition) is 6. The molecule has 0 spiro atoms. The first kappa shape index (κ1) is 28.9. The second-order valence-corrected chi connectivity index (χ2v) is 12.5. The number of rotatable bonds is 9. The lowest BCUT2D eigenvalue weighted by molar-refractivity contribution is -0.135. The Morgan fingerprint density at radius 2 is 1.85 bits per heavy atom. The van der Waals surface area contributed by atoms with Crippen LogP contribution in [-0.2, 0) is 22.6 Å². The van der Waals surface area contributed by atoms with Gasteiger partial charge in [0.1, 0.15) is 6.54 Å². The van der Waals surface area contributed by atoms with Crippen molar-refractivity contribution in [3.63, 3.8) is 0 Å². The van der Waals surface area contributed by atoms with Crippen LogP contribution in [0.25, 0.3) is 21.5 Å². The fourth-order valence-electron chi connectivity index (χ4n) is 5.97. The van der Waals surface area contributed by atoms with Crippen LogP contribution < -0.4 is 10.1 Å². The van der Waals surface area contributed by atoms with Gasteiger partial charge in [-0.15, -0.1) is 0 Å². The average Bonchev–Trinajstić information content (AvgIpc) is 3.43. The molecule has 0 bridgehead atoms. The summed E-state index contributed by atoms with van der Waals surface area (Å²) >= 11 is 7.68. The van der Waals surface area contributed by atoms with Crippen LogP contribution in [-0.4, -0.2) is 59.5 Å². The van der Waals surface area contributed by atoms with Gasteiger partial charge in [0.15, 0.2) is 5.06 Å². The maximum absolute atomic E-state index is 13.7. The first-order valence-corrected chi connectivity index (χ1v) is 15.4. The van der Waals surface area contributed by atoms with E-state index in [4.69, 9.17) is 21.1 Å². The third kappa shape index (κ3) is 6.33. The van der Waals surface area contributed by atoms with Crippen LogP contribution in [0.15, 0.2) is 24.3 Å². The van der Waals surface area contributed by atoms with Crippen molar-refractivity contribution in [2.45, 2.75) is 65.0 Å². The van der Waals surface area contributed by atoms with Gasteiger partial charge in [0, 0.05) is 30.2 Å². The molecule has 5 rings (SSSR count). The highest BCUT2D eigenvalue weighted by atomic mass is 35.5. The van der Waals surface area contributed by atoms with Crippen molar-refractivity contribution in [3.05, 3.63) is 40.4 Å². The molecule has 1 aliphatic heterocycles. The second-order valence-electron chi connectivity index (χ2n) is 11.1. The highest BCUT2D eigenvalue weighted by Crippen LogP contribution is 2.50. The molecule has 1 aliphatic carbocycles. The van der Waals surface area contributed by atoms with E-state index in [9.17, 15) is 14.7 Å². The number of ether oxygens (including phenoxy) is 2. The Labute approximate surface area is 244 Å². The smallest absolute Gasteiger partial charge is 0.449 e. The molecule has 40 heavy (non-hydrogen) atoms. The molecule has 1 saturated carbocycles. The molecule has 216 valence electrons. The van der Waals surface area contributed by atoms with Crippen molar-refractivity contribution in [2.24, 2.45) is 5.92 Å².